The Morgan fingerprint density at radius 3 is 3.00 bits per heavy atom. The maximum atomic E-state index is 10.8. The lowest BCUT2D eigenvalue weighted by Gasteiger charge is -1.98. The fraction of sp³-hybridized carbons (Fsp3) is 0.125. The van der Waals surface area contributed by atoms with E-state index in [1.165, 1.54) is 6.20 Å². The van der Waals surface area contributed by atoms with Crippen LogP contribution in [-0.4, -0.2) is 25.6 Å². The maximum Gasteiger partial charge on any atom is 0.339 e. The summed E-state index contributed by atoms with van der Waals surface area (Å²) in [6.45, 7) is 0. The van der Waals surface area contributed by atoms with Crippen LogP contribution >= 0.6 is 0 Å². The van der Waals surface area contributed by atoms with Gasteiger partial charge in [-0.3, -0.25) is 4.98 Å². The third-order valence-corrected chi connectivity index (χ3v) is 1.85. The zero-order chi connectivity index (χ0) is 9.42. The summed E-state index contributed by atoms with van der Waals surface area (Å²) >= 11 is 0. The Balaban J connectivity index is 2.88. The Kier molecular flexibility index (Phi) is 1.51. The molecule has 0 aliphatic carbocycles. The van der Waals surface area contributed by atoms with Crippen molar-refractivity contribution in [1.29, 1.82) is 0 Å². The van der Waals surface area contributed by atoms with Gasteiger partial charge in [0.2, 0.25) is 0 Å². The van der Waals surface area contributed by atoms with E-state index in [2.05, 4.69) is 9.97 Å². The van der Waals surface area contributed by atoms with Crippen LogP contribution in [0.15, 0.2) is 18.7 Å². The van der Waals surface area contributed by atoms with Crippen molar-refractivity contribution in [3.05, 3.63) is 24.3 Å². The average molecular weight is 177 g/mol. The van der Waals surface area contributed by atoms with Crippen molar-refractivity contribution in [1.82, 2.24) is 14.5 Å². The minimum absolute atomic E-state index is 0.178. The molecule has 0 saturated carbocycles. The summed E-state index contributed by atoms with van der Waals surface area (Å²) < 4.78 is 1.67. The van der Waals surface area contributed by atoms with Crippen molar-refractivity contribution < 1.29 is 9.90 Å². The van der Waals surface area contributed by atoms with Crippen LogP contribution in [-0.2, 0) is 7.05 Å². The lowest BCUT2D eigenvalue weighted by atomic mass is 10.2. The van der Waals surface area contributed by atoms with Gasteiger partial charge in [0.25, 0.3) is 0 Å². The fourth-order valence-electron chi connectivity index (χ4n) is 1.27. The van der Waals surface area contributed by atoms with Gasteiger partial charge in [0, 0.05) is 13.2 Å². The molecule has 0 aliphatic rings. The van der Waals surface area contributed by atoms with E-state index < -0.39 is 5.97 Å². The zero-order valence-electron chi connectivity index (χ0n) is 6.93. The quantitative estimate of drug-likeness (QED) is 0.695. The number of carboxylic acid groups (broad SMARTS) is 1. The molecule has 0 unspecified atom stereocenters. The number of carboxylic acids is 1. The molecule has 0 aromatic carbocycles. The second-order valence-electron chi connectivity index (χ2n) is 2.72. The summed E-state index contributed by atoms with van der Waals surface area (Å²) in [7, 11) is 1.75. The van der Waals surface area contributed by atoms with Crippen LogP contribution < -0.4 is 0 Å². The Morgan fingerprint density at radius 1 is 1.54 bits per heavy atom. The molecular weight excluding hydrogens is 170 g/mol. The molecule has 2 heterocycles. The summed E-state index contributed by atoms with van der Waals surface area (Å²) in [5.41, 5.74) is 1.38. The van der Waals surface area contributed by atoms with Crippen LogP contribution in [0.2, 0.25) is 0 Å². The second kappa shape index (κ2) is 2.55. The Bertz CT molecular complexity index is 475. The molecule has 13 heavy (non-hydrogen) atoms. The molecule has 5 heteroatoms. The van der Waals surface area contributed by atoms with Crippen LogP contribution in [0.3, 0.4) is 0 Å². The Labute approximate surface area is 73.7 Å². The van der Waals surface area contributed by atoms with Gasteiger partial charge in [0.1, 0.15) is 11.1 Å². The monoisotopic (exact) mass is 177 g/mol. The number of hydrogen-bond acceptors (Lipinski definition) is 3. The smallest absolute Gasteiger partial charge is 0.339 e. The minimum Gasteiger partial charge on any atom is -0.478 e. The predicted molar refractivity (Wildman–Crippen MR) is 45.5 cm³/mol. The number of fused-ring (bicyclic) bond motifs is 1. The normalized spacial score (nSPS) is 10.5. The molecule has 0 spiro atoms. The molecule has 0 aliphatic heterocycles. The number of aromatic nitrogens is 3. The average Bonchev–Trinajstić information content (AvgIpc) is 2.48. The van der Waals surface area contributed by atoms with E-state index in [-0.39, 0.29) is 5.56 Å². The highest BCUT2D eigenvalue weighted by atomic mass is 16.4. The first-order valence-electron chi connectivity index (χ1n) is 3.68. The topological polar surface area (TPSA) is 68.0 Å². The molecule has 0 fully saturated rings. The summed E-state index contributed by atoms with van der Waals surface area (Å²) in [6.07, 6.45) is 4.44. The summed E-state index contributed by atoms with van der Waals surface area (Å²) in [6, 6.07) is 0. The van der Waals surface area contributed by atoms with Crippen molar-refractivity contribution >= 4 is 17.0 Å². The highest BCUT2D eigenvalue weighted by Crippen LogP contribution is 2.14. The van der Waals surface area contributed by atoms with Crippen molar-refractivity contribution in [3.8, 4) is 0 Å². The molecule has 0 amide bonds. The molecular formula is C8H7N3O2. The molecule has 66 valence electrons. The number of carbonyl (C=O) groups is 1. The van der Waals surface area contributed by atoms with Crippen LogP contribution in [0.25, 0.3) is 11.0 Å². The predicted octanol–water partition coefficient (Wildman–Crippen LogP) is 0.666. The van der Waals surface area contributed by atoms with Crippen LogP contribution in [0.4, 0.5) is 0 Å². The number of aryl methyl sites for hydroxylation is 1. The van der Waals surface area contributed by atoms with Gasteiger partial charge in [-0.1, -0.05) is 0 Å². The van der Waals surface area contributed by atoms with Crippen LogP contribution in [0, 0.1) is 0 Å². The highest BCUT2D eigenvalue weighted by Gasteiger charge is 2.11. The number of nitrogens with zero attached hydrogens (tertiary/aromatic N) is 3. The molecule has 2 rings (SSSR count). The molecule has 0 saturated heterocycles. The van der Waals surface area contributed by atoms with Gasteiger partial charge >= 0.3 is 5.97 Å². The van der Waals surface area contributed by atoms with Crippen molar-refractivity contribution in [2.45, 2.75) is 0 Å². The third kappa shape index (κ3) is 1.05. The number of hydrogen-bond donors (Lipinski definition) is 1. The fourth-order valence-corrected chi connectivity index (χ4v) is 1.27. The van der Waals surface area contributed by atoms with E-state index in [1.54, 1.807) is 24.1 Å². The van der Waals surface area contributed by atoms with E-state index in [1.807, 2.05) is 0 Å². The van der Waals surface area contributed by atoms with Gasteiger partial charge in [-0.05, 0) is 0 Å². The first-order chi connectivity index (χ1) is 6.20. The number of aromatic carboxylic acids is 1. The number of rotatable bonds is 1. The number of imidazole rings is 1. The third-order valence-electron chi connectivity index (χ3n) is 1.85. The number of pyridine rings is 1. The molecule has 0 atom stereocenters. The van der Waals surface area contributed by atoms with Gasteiger partial charge in [0.05, 0.1) is 18.0 Å². The van der Waals surface area contributed by atoms with E-state index in [9.17, 15) is 4.79 Å². The van der Waals surface area contributed by atoms with Crippen molar-refractivity contribution in [3.63, 3.8) is 0 Å². The highest BCUT2D eigenvalue weighted by molar-refractivity contribution is 6.00. The molecule has 0 radical (unpaired) electrons. The van der Waals surface area contributed by atoms with Crippen LogP contribution in [0.1, 0.15) is 10.4 Å². The van der Waals surface area contributed by atoms with Gasteiger partial charge in [-0.2, -0.15) is 0 Å². The molecule has 2 aromatic heterocycles. The van der Waals surface area contributed by atoms with Gasteiger partial charge in [-0.15, -0.1) is 0 Å². The van der Waals surface area contributed by atoms with Crippen LogP contribution in [0.5, 0.6) is 0 Å². The Hall–Kier alpha value is -1.91. The first-order valence-corrected chi connectivity index (χ1v) is 3.68. The van der Waals surface area contributed by atoms with Crippen molar-refractivity contribution in [2.75, 3.05) is 0 Å². The summed E-state index contributed by atoms with van der Waals surface area (Å²) in [4.78, 5) is 18.6. The molecule has 0 bridgehead atoms. The standard InChI is InChI=1S/C8H7N3O2/c1-11-4-10-6-3-9-2-5(7(6)11)8(12)13/h2-4H,1H3,(H,12,13). The van der Waals surface area contributed by atoms with E-state index in [4.69, 9.17) is 5.11 Å². The lowest BCUT2D eigenvalue weighted by Crippen LogP contribution is -2.00. The van der Waals surface area contributed by atoms with E-state index >= 15 is 0 Å². The van der Waals surface area contributed by atoms with Crippen molar-refractivity contribution in [2.24, 2.45) is 7.05 Å². The van der Waals surface area contributed by atoms with E-state index in [0.29, 0.717) is 11.0 Å². The molecule has 1 N–H and O–H groups in total. The van der Waals surface area contributed by atoms with Gasteiger partial charge in [0.15, 0.2) is 0 Å². The Morgan fingerprint density at radius 2 is 2.31 bits per heavy atom. The maximum absolute atomic E-state index is 10.8. The summed E-state index contributed by atoms with van der Waals surface area (Å²) in [5.74, 6) is -0.985. The lowest BCUT2D eigenvalue weighted by molar-refractivity contribution is 0.0698. The van der Waals surface area contributed by atoms with Gasteiger partial charge in [-0.25, -0.2) is 9.78 Å². The summed E-state index contributed by atoms with van der Waals surface area (Å²) in [5, 5.41) is 8.84. The second-order valence-corrected chi connectivity index (χ2v) is 2.72. The zero-order valence-corrected chi connectivity index (χ0v) is 6.93. The largest absolute Gasteiger partial charge is 0.478 e. The van der Waals surface area contributed by atoms with E-state index in [0.717, 1.165) is 0 Å². The SMILES string of the molecule is Cn1cnc2cncc(C(=O)O)c21. The first kappa shape index (κ1) is 7.72. The minimum atomic E-state index is -0.985. The van der Waals surface area contributed by atoms with Gasteiger partial charge < -0.3 is 9.67 Å². The molecule has 5 nitrogen and oxygen atoms in total. The molecule has 2 aromatic rings.